The Morgan fingerprint density at radius 1 is 1.32 bits per heavy atom. The van der Waals surface area contributed by atoms with E-state index in [9.17, 15) is 9.90 Å². The Bertz CT molecular complexity index is 510. The Labute approximate surface area is 136 Å². The normalized spacial score (nSPS) is 18.3. The van der Waals surface area contributed by atoms with Crippen molar-refractivity contribution in [3.05, 3.63) is 34.9 Å². The lowest BCUT2D eigenvalue weighted by Crippen LogP contribution is -2.34. The molecule has 0 bridgehead atoms. The fourth-order valence-corrected chi connectivity index (χ4v) is 3.66. The van der Waals surface area contributed by atoms with Crippen LogP contribution in [0.3, 0.4) is 0 Å². The Morgan fingerprint density at radius 3 is 2.55 bits per heavy atom. The third-order valence-electron chi connectivity index (χ3n) is 4.99. The molecule has 0 radical (unpaired) electrons. The molecule has 2 unspecified atom stereocenters. The number of piperidine rings is 1. The van der Waals surface area contributed by atoms with Gasteiger partial charge in [-0.05, 0) is 75.2 Å². The van der Waals surface area contributed by atoms with Crippen molar-refractivity contribution in [2.24, 2.45) is 11.8 Å². The molecule has 1 heterocycles. The van der Waals surface area contributed by atoms with Crippen LogP contribution in [0.1, 0.15) is 36.0 Å². The average molecular weight is 321 g/mol. The Morgan fingerprint density at radius 2 is 2.00 bits per heavy atom. The van der Waals surface area contributed by atoms with Crippen molar-refractivity contribution < 1.29 is 9.90 Å². The predicted molar refractivity (Wildman–Crippen MR) is 94.2 cm³/mol. The molecule has 1 aromatic carbocycles. The number of hydrogen-bond donors (Lipinski definition) is 1. The zero-order valence-corrected chi connectivity index (χ0v) is 14.9. The van der Waals surface area contributed by atoms with Gasteiger partial charge in [-0.3, -0.25) is 9.69 Å². The number of likely N-dealkylation sites (tertiary alicyclic amines) is 1. The second kappa shape index (κ2) is 8.08. The first-order valence-corrected chi connectivity index (χ1v) is 9.02. The number of hydrogen-bond acceptors (Lipinski definition) is 2. The molecule has 1 fully saturated rings. The second-order valence-electron chi connectivity index (χ2n) is 6.64. The van der Waals surface area contributed by atoms with Gasteiger partial charge in [-0.1, -0.05) is 18.2 Å². The number of carboxylic acids is 1. The van der Waals surface area contributed by atoms with Crippen molar-refractivity contribution in [3.63, 3.8) is 0 Å². The smallest absolute Gasteiger partial charge is 0.306 e. The highest BCUT2D eigenvalue weighted by molar-refractivity contribution is 7.16. The van der Waals surface area contributed by atoms with E-state index < -0.39 is 5.97 Å². The van der Waals surface area contributed by atoms with Crippen molar-refractivity contribution in [2.75, 3.05) is 19.4 Å². The highest BCUT2D eigenvalue weighted by Gasteiger charge is 2.26. The molecule has 1 saturated heterocycles. The van der Waals surface area contributed by atoms with Crippen LogP contribution in [0.5, 0.6) is 0 Å². The van der Waals surface area contributed by atoms with Crippen molar-refractivity contribution in [1.29, 1.82) is 0 Å². The summed E-state index contributed by atoms with van der Waals surface area (Å²) in [7, 11) is 2.77. The largest absolute Gasteiger partial charge is 0.481 e. The van der Waals surface area contributed by atoms with Crippen molar-refractivity contribution in [3.8, 4) is 0 Å². The van der Waals surface area contributed by atoms with Crippen LogP contribution in [0.2, 0.25) is 0 Å². The molecule has 3 nitrogen and oxygen atoms in total. The minimum atomic E-state index is -0.647. The third kappa shape index (κ3) is 4.79. The van der Waals surface area contributed by atoms with Crippen LogP contribution in [0.4, 0.5) is 0 Å². The van der Waals surface area contributed by atoms with Crippen molar-refractivity contribution in [2.45, 2.75) is 39.5 Å². The molecular weight excluding hydrogens is 293 g/mol. The maximum atomic E-state index is 11.6. The summed E-state index contributed by atoms with van der Waals surface area (Å²) in [5.74, 6) is -0.346. The van der Waals surface area contributed by atoms with Gasteiger partial charge in [0.1, 0.15) is 0 Å². The van der Waals surface area contributed by atoms with Crippen LogP contribution in [0.25, 0.3) is 0 Å². The summed E-state index contributed by atoms with van der Waals surface area (Å²) < 4.78 is 0. The summed E-state index contributed by atoms with van der Waals surface area (Å²) in [6, 6.07) is 6.32. The van der Waals surface area contributed by atoms with E-state index in [0.717, 1.165) is 44.2 Å². The lowest BCUT2D eigenvalue weighted by molar-refractivity contribution is -0.142. The highest BCUT2D eigenvalue weighted by Crippen LogP contribution is 2.27. The van der Waals surface area contributed by atoms with Gasteiger partial charge in [-0.25, -0.2) is 0 Å². The van der Waals surface area contributed by atoms with E-state index >= 15 is 0 Å². The van der Waals surface area contributed by atoms with E-state index in [1.807, 2.05) is 0 Å². The Balaban J connectivity index is 1.95. The summed E-state index contributed by atoms with van der Waals surface area (Å²) in [5.41, 5.74) is 3.66. The molecule has 1 aliphatic rings. The van der Waals surface area contributed by atoms with Crippen LogP contribution < -0.4 is 0 Å². The minimum absolute atomic E-state index is 0.255. The van der Waals surface area contributed by atoms with E-state index in [2.05, 4.69) is 46.2 Å². The lowest BCUT2D eigenvalue weighted by atomic mass is 9.84. The molecule has 0 aliphatic carbocycles. The third-order valence-corrected chi connectivity index (χ3v) is 5.50. The minimum Gasteiger partial charge on any atom is -0.481 e. The topological polar surface area (TPSA) is 40.5 Å². The molecule has 22 heavy (non-hydrogen) atoms. The van der Waals surface area contributed by atoms with Crippen molar-refractivity contribution >= 4 is 15.2 Å². The van der Waals surface area contributed by atoms with Crippen molar-refractivity contribution in [1.82, 2.24) is 4.90 Å². The summed E-state index contributed by atoms with van der Waals surface area (Å²) >= 11 is 0. The summed E-state index contributed by atoms with van der Waals surface area (Å²) in [6.07, 6.45) is 4.75. The first-order valence-electron chi connectivity index (χ1n) is 8.21. The Kier molecular flexibility index (Phi) is 6.40. The molecule has 1 N–H and O–H groups in total. The summed E-state index contributed by atoms with van der Waals surface area (Å²) in [6.45, 7) is 6.38. The average Bonchev–Trinajstić information content (AvgIpc) is 2.51. The monoisotopic (exact) mass is 321 g/mol. The number of carbonyl (C=O) groups is 1. The van der Waals surface area contributed by atoms with E-state index in [1.165, 1.54) is 11.1 Å². The van der Waals surface area contributed by atoms with E-state index in [-0.39, 0.29) is 5.92 Å². The van der Waals surface area contributed by atoms with Gasteiger partial charge in [-0.2, -0.15) is 0 Å². The molecule has 0 amide bonds. The van der Waals surface area contributed by atoms with Gasteiger partial charge in [0.2, 0.25) is 0 Å². The molecule has 2 atom stereocenters. The molecule has 0 aromatic heterocycles. The summed E-state index contributed by atoms with van der Waals surface area (Å²) in [4.78, 5) is 14.1. The number of aryl methyl sites for hydroxylation is 2. The molecule has 122 valence electrons. The zero-order valence-electron chi connectivity index (χ0n) is 13.7. The fourth-order valence-electron chi connectivity index (χ4n) is 3.29. The van der Waals surface area contributed by atoms with Gasteiger partial charge in [-0.15, -0.1) is 9.24 Å². The number of nitrogens with zero attached hydrogens (tertiary/aromatic N) is 1. The molecular formula is C18H28NO2P. The number of carboxylic acid groups (broad SMARTS) is 1. The van der Waals surface area contributed by atoms with Gasteiger partial charge in [0, 0.05) is 6.29 Å². The first kappa shape index (κ1) is 17.4. The molecule has 0 saturated carbocycles. The number of rotatable bonds is 6. The van der Waals surface area contributed by atoms with Gasteiger partial charge < -0.3 is 5.11 Å². The van der Waals surface area contributed by atoms with Gasteiger partial charge in [0.15, 0.2) is 0 Å². The van der Waals surface area contributed by atoms with Gasteiger partial charge in [0.25, 0.3) is 0 Å². The lowest BCUT2D eigenvalue weighted by Gasteiger charge is -2.32. The molecule has 1 aliphatic heterocycles. The first-order chi connectivity index (χ1) is 10.5. The predicted octanol–water partition coefficient (Wildman–Crippen LogP) is 3.48. The van der Waals surface area contributed by atoms with Gasteiger partial charge >= 0.3 is 5.97 Å². The van der Waals surface area contributed by atoms with Crippen LogP contribution in [0, 0.1) is 25.7 Å². The maximum absolute atomic E-state index is 11.6. The molecule has 0 spiro atoms. The fraction of sp³-hybridized carbons (Fsp3) is 0.611. The van der Waals surface area contributed by atoms with Crippen LogP contribution in [0.15, 0.2) is 18.2 Å². The van der Waals surface area contributed by atoms with Gasteiger partial charge in [0.05, 0.1) is 5.92 Å². The van der Waals surface area contributed by atoms with E-state index in [4.69, 9.17) is 0 Å². The van der Waals surface area contributed by atoms with E-state index in [1.54, 1.807) is 0 Å². The Hall–Kier alpha value is -0.920. The molecule has 4 heteroatoms. The van der Waals surface area contributed by atoms with Crippen LogP contribution >= 0.6 is 9.24 Å². The number of aliphatic carboxylic acids is 1. The highest BCUT2D eigenvalue weighted by atomic mass is 31.0. The molecule has 2 rings (SSSR count). The van der Waals surface area contributed by atoms with Crippen LogP contribution in [-0.4, -0.2) is 35.4 Å². The van der Waals surface area contributed by atoms with E-state index in [0.29, 0.717) is 12.3 Å². The standard InChI is InChI=1S/C18H28NO2P/c1-13-3-4-16(9-14(13)2)11-17(18(20)21)10-15-5-7-19(12-22)8-6-15/h3-4,9,15,17H,5-8,10-12,22H2,1-2H3,(H,20,21). The maximum Gasteiger partial charge on any atom is 0.306 e. The van der Waals surface area contributed by atoms with Crippen LogP contribution in [-0.2, 0) is 11.2 Å². The SMILES string of the molecule is Cc1ccc(CC(CC2CCN(CP)CC2)C(=O)O)cc1C. The summed E-state index contributed by atoms with van der Waals surface area (Å²) in [5, 5.41) is 9.57. The zero-order chi connectivity index (χ0) is 16.1. The second-order valence-corrected chi connectivity index (χ2v) is 7.00. The quantitative estimate of drug-likeness (QED) is 0.816. The number of benzene rings is 1. The molecule has 1 aromatic rings.